The largest absolute Gasteiger partial charge is 0.381 e. The number of urea groups is 1. The summed E-state index contributed by atoms with van der Waals surface area (Å²) in [5, 5.41) is 8.79. The van der Waals surface area contributed by atoms with Crippen LogP contribution in [0, 0.1) is 0 Å². The van der Waals surface area contributed by atoms with Gasteiger partial charge in [-0.3, -0.25) is 14.4 Å². The summed E-state index contributed by atoms with van der Waals surface area (Å²) >= 11 is 0. The smallest absolute Gasteiger partial charge is 0.318 e. The van der Waals surface area contributed by atoms with Crippen molar-refractivity contribution in [3.8, 4) is 0 Å². The molecule has 9 heteroatoms. The second-order valence-electron chi connectivity index (χ2n) is 10.5. The molecule has 0 aromatic heterocycles. The second-order valence-corrected chi connectivity index (χ2v) is 10.5. The van der Waals surface area contributed by atoms with Crippen LogP contribution in [0.15, 0.2) is 0 Å². The molecule has 4 amide bonds. The van der Waals surface area contributed by atoms with E-state index in [1.165, 1.54) is 0 Å². The zero-order valence-corrected chi connectivity index (χ0v) is 21.5. The standard InChI is InChI=1S/C26H44N4O5/c1-3-4-12-21(22(31)23(32)27-19-10-6-7-11-19)28-24(33)26(15-8-5-9-16-26)29-25(34)30-17-13-20(35-2)14-18-30/h19-21H,3-18H2,1-2H3,(H,27,32)(H,28,33)(H,29,34)/t21-/m0/s1. The highest BCUT2D eigenvalue weighted by atomic mass is 16.5. The molecule has 35 heavy (non-hydrogen) atoms. The number of carbonyl (C=O) groups excluding carboxylic acids is 4. The predicted octanol–water partition coefficient (Wildman–Crippen LogP) is 2.81. The number of ketones is 1. The molecular formula is C26H44N4O5. The highest BCUT2D eigenvalue weighted by Crippen LogP contribution is 2.29. The molecule has 2 saturated carbocycles. The summed E-state index contributed by atoms with van der Waals surface area (Å²) in [5.41, 5.74) is -1.06. The highest BCUT2D eigenvalue weighted by molar-refractivity contribution is 6.38. The number of Topliss-reactive ketones (excluding diaryl/α,β-unsaturated/α-hetero) is 1. The summed E-state index contributed by atoms with van der Waals surface area (Å²) in [6.45, 7) is 3.18. The summed E-state index contributed by atoms with van der Waals surface area (Å²) in [5.74, 6) is -1.54. The average molecular weight is 493 g/mol. The first-order valence-electron chi connectivity index (χ1n) is 13.6. The van der Waals surface area contributed by atoms with Gasteiger partial charge in [0, 0.05) is 26.2 Å². The number of unbranched alkanes of at least 4 members (excludes halogenated alkanes) is 1. The number of hydrogen-bond donors (Lipinski definition) is 3. The van der Waals surface area contributed by atoms with Gasteiger partial charge in [-0.1, -0.05) is 51.9 Å². The SMILES string of the molecule is CCCC[C@H](NC(=O)C1(NC(=O)N2CCC(OC)CC2)CCCCC1)C(=O)C(=O)NC1CCCC1. The van der Waals surface area contributed by atoms with E-state index in [4.69, 9.17) is 4.74 Å². The van der Waals surface area contributed by atoms with Gasteiger partial charge in [-0.2, -0.15) is 0 Å². The van der Waals surface area contributed by atoms with E-state index in [0.29, 0.717) is 32.4 Å². The first-order chi connectivity index (χ1) is 16.9. The lowest BCUT2D eigenvalue weighted by atomic mass is 9.80. The monoisotopic (exact) mass is 492 g/mol. The fourth-order valence-electron chi connectivity index (χ4n) is 5.60. The van der Waals surface area contributed by atoms with Crippen LogP contribution in [-0.4, -0.2) is 72.5 Å². The minimum atomic E-state index is -1.06. The lowest BCUT2D eigenvalue weighted by molar-refractivity contribution is -0.141. The first kappa shape index (κ1) is 27.4. The molecule has 1 heterocycles. The van der Waals surface area contributed by atoms with Crippen molar-refractivity contribution in [2.45, 2.75) is 121 Å². The molecular weight excluding hydrogens is 448 g/mol. The van der Waals surface area contributed by atoms with Crippen LogP contribution in [0.1, 0.15) is 96.8 Å². The fourth-order valence-corrected chi connectivity index (χ4v) is 5.60. The van der Waals surface area contributed by atoms with Crippen molar-refractivity contribution in [2.75, 3.05) is 20.2 Å². The van der Waals surface area contributed by atoms with Gasteiger partial charge < -0.3 is 25.6 Å². The minimum absolute atomic E-state index is 0.0419. The maximum atomic E-state index is 13.6. The molecule has 3 rings (SSSR count). The van der Waals surface area contributed by atoms with Crippen LogP contribution in [-0.2, 0) is 19.1 Å². The Bertz CT molecular complexity index is 738. The van der Waals surface area contributed by atoms with Gasteiger partial charge in [-0.15, -0.1) is 0 Å². The maximum absolute atomic E-state index is 13.6. The number of amides is 4. The van der Waals surface area contributed by atoms with Crippen LogP contribution >= 0.6 is 0 Å². The molecule has 198 valence electrons. The third-order valence-electron chi connectivity index (χ3n) is 7.93. The normalized spacial score (nSPS) is 21.8. The number of nitrogens with zero attached hydrogens (tertiary/aromatic N) is 1. The van der Waals surface area contributed by atoms with Crippen LogP contribution in [0.4, 0.5) is 4.79 Å². The van der Waals surface area contributed by atoms with Crippen molar-refractivity contribution >= 4 is 23.6 Å². The first-order valence-corrected chi connectivity index (χ1v) is 13.6. The topological polar surface area (TPSA) is 117 Å². The van der Waals surface area contributed by atoms with Crippen molar-refractivity contribution in [1.29, 1.82) is 0 Å². The van der Waals surface area contributed by atoms with Crippen molar-refractivity contribution in [2.24, 2.45) is 0 Å². The predicted molar refractivity (Wildman–Crippen MR) is 133 cm³/mol. The highest BCUT2D eigenvalue weighted by Gasteiger charge is 2.43. The maximum Gasteiger partial charge on any atom is 0.318 e. The Hall–Kier alpha value is -2.16. The summed E-state index contributed by atoms with van der Waals surface area (Å²) in [4.78, 5) is 54.2. The molecule has 3 aliphatic rings. The van der Waals surface area contributed by atoms with Crippen LogP contribution in [0.2, 0.25) is 0 Å². The number of carbonyl (C=O) groups is 4. The van der Waals surface area contributed by atoms with Crippen molar-refractivity contribution in [1.82, 2.24) is 20.9 Å². The lowest BCUT2D eigenvalue weighted by Crippen LogP contribution is -2.64. The summed E-state index contributed by atoms with van der Waals surface area (Å²) < 4.78 is 5.40. The zero-order valence-electron chi connectivity index (χ0n) is 21.5. The van der Waals surface area contributed by atoms with Gasteiger partial charge in [0.25, 0.3) is 5.91 Å². The molecule has 0 radical (unpaired) electrons. The molecule has 3 N–H and O–H groups in total. The number of piperidine rings is 1. The van der Waals surface area contributed by atoms with E-state index >= 15 is 0 Å². The Labute approximate surface area is 209 Å². The molecule has 2 aliphatic carbocycles. The third-order valence-corrected chi connectivity index (χ3v) is 7.93. The third kappa shape index (κ3) is 7.41. The van der Waals surface area contributed by atoms with Crippen LogP contribution < -0.4 is 16.0 Å². The Kier molecular flexibility index (Phi) is 10.4. The van der Waals surface area contributed by atoms with Gasteiger partial charge in [0.1, 0.15) is 5.54 Å². The van der Waals surface area contributed by atoms with Crippen molar-refractivity contribution in [3.63, 3.8) is 0 Å². The molecule has 0 spiro atoms. The Morgan fingerprint density at radius 1 is 0.971 bits per heavy atom. The molecule has 1 saturated heterocycles. The lowest BCUT2D eigenvalue weighted by Gasteiger charge is -2.40. The summed E-state index contributed by atoms with van der Waals surface area (Å²) in [6, 6.07) is -1.08. The van der Waals surface area contributed by atoms with Crippen LogP contribution in [0.25, 0.3) is 0 Å². The van der Waals surface area contributed by atoms with E-state index in [-0.39, 0.29) is 24.1 Å². The van der Waals surface area contributed by atoms with Gasteiger partial charge in [-0.05, 0) is 44.9 Å². The Morgan fingerprint density at radius 3 is 2.23 bits per heavy atom. The van der Waals surface area contributed by atoms with Gasteiger partial charge in [0.2, 0.25) is 11.7 Å². The van der Waals surface area contributed by atoms with E-state index < -0.39 is 23.3 Å². The zero-order chi connectivity index (χ0) is 25.3. The van der Waals surface area contributed by atoms with Crippen molar-refractivity contribution in [3.05, 3.63) is 0 Å². The van der Waals surface area contributed by atoms with E-state index in [9.17, 15) is 19.2 Å². The molecule has 0 aromatic rings. The number of nitrogens with one attached hydrogen (secondary N) is 3. The Balaban J connectivity index is 1.67. The molecule has 0 aromatic carbocycles. The van der Waals surface area contributed by atoms with Gasteiger partial charge in [0.05, 0.1) is 12.1 Å². The van der Waals surface area contributed by atoms with Gasteiger partial charge >= 0.3 is 6.03 Å². The Morgan fingerprint density at radius 2 is 1.63 bits per heavy atom. The van der Waals surface area contributed by atoms with Crippen LogP contribution in [0.5, 0.6) is 0 Å². The average Bonchev–Trinajstić information content (AvgIpc) is 3.39. The number of methoxy groups -OCH3 is 1. The quantitative estimate of drug-likeness (QED) is 0.406. The molecule has 9 nitrogen and oxygen atoms in total. The van der Waals surface area contributed by atoms with E-state index in [1.807, 2.05) is 6.92 Å². The molecule has 0 unspecified atom stereocenters. The van der Waals surface area contributed by atoms with Gasteiger partial charge in [-0.25, -0.2) is 4.79 Å². The number of hydrogen-bond acceptors (Lipinski definition) is 5. The van der Waals surface area contributed by atoms with Crippen molar-refractivity contribution < 1.29 is 23.9 Å². The molecule has 0 bridgehead atoms. The number of likely N-dealkylation sites (tertiary alicyclic amines) is 1. The molecule has 1 atom stereocenters. The van der Waals surface area contributed by atoms with E-state index in [2.05, 4.69) is 16.0 Å². The summed E-state index contributed by atoms with van der Waals surface area (Å²) in [7, 11) is 1.69. The number of ether oxygens (including phenoxy) is 1. The van der Waals surface area contributed by atoms with Crippen LogP contribution in [0.3, 0.4) is 0 Å². The van der Waals surface area contributed by atoms with E-state index in [1.54, 1.807) is 12.0 Å². The second kappa shape index (κ2) is 13.2. The number of rotatable bonds is 10. The molecule has 3 fully saturated rings. The minimum Gasteiger partial charge on any atom is -0.381 e. The fraction of sp³-hybridized carbons (Fsp3) is 0.846. The van der Waals surface area contributed by atoms with Gasteiger partial charge in [0.15, 0.2) is 0 Å². The molecule has 1 aliphatic heterocycles. The summed E-state index contributed by atoms with van der Waals surface area (Å²) in [6.07, 6.45) is 11.3. The van der Waals surface area contributed by atoms with E-state index in [0.717, 1.165) is 70.6 Å².